The van der Waals surface area contributed by atoms with Crippen LogP contribution in [0, 0.1) is 0 Å². The number of hydrogen-bond donors (Lipinski definition) is 2. The second-order valence-electron chi connectivity index (χ2n) is 6.87. The van der Waals surface area contributed by atoms with Gasteiger partial charge in [0.25, 0.3) is 0 Å². The first kappa shape index (κ1) is 20.2. The van der Waals surface area contributed by atoms with Gasteiger partial charge in [0.2, 0.25) is 5.88 Å². The zero-order valence-electron chi connectivity index (χ0n) is 16.1. The largest absolute Gasteiger partial charge is 0.494 e. The molecule has 0 atom stereocenters. The van der Waals surface area contributed by atoms with E-state index in [1.807, 2.05) is 53.7 Å². The maximum Gasteiger partial charge on any atom is 0.307 e. The van der Waals surface area contributed by atoms with Crippen molar-refractivity contribution in [1.82, 2.24) is 4.98 Å². The van der Waals surface area contributed by atoms with Gasteiger partial charge < -0.3 is 19.3 Å². The number of thiazole rings is 1. The van der Waals surface area contributed by atoms with Gasteiger partial charge in [-0.15, -0.1) is 0 Å². The van der Waals surface area contributed by atoms with Crippen LogP contribution in [0.3, 0.4) is 0 Å². The van der Waals surface area contributed by atoms with Crippen molar-refractivity contribution >= 4 is 11.3 Å². The number of aromatic nitrogens is 1. The zero-order valence-corrected chi connectivity index (χ0v) is 16.9. The molecule has 0 unspecified atom stereocenters. The van der Waals surface area contributed by atoms with E-state index >= 15 is 0 Å². The summed E-state index contributed by atoms with van der Waals surface area (Å²) in [4.78, 5) is 14.1. The van der Waals surface area contributed by atoms with Crippen LogP contribution in [0.4, 0.5) is 0 Å². The smallest absolute Gasteiger partial charge is 0.307 e. The fourth-order valence-electron chi connectivity index (χ4n) is 2.42. The highest BCUT2D eigenvalue weighted by atomic mass is 32.1. The van der Waals surface area contributed by atoms with Crippen molar-refractivity contribution in [3.63, 3.8) is 0 Å². The molecule has 6 nitrogen and oxygen atoms in total. The lowest BCUT2D eigenvalue weighted by molar-refractivity contribution is 0.194. The van der Waals surface area contributed by atoms with E-state index in [4.69, 9.17) is 14.2 Å². The van der Waals surface area contributed by atoms with Crippen molar-refractivity contribution in [2.24, 2.45) is 0 Å². The number of aromatic amines is 1. The Morgan fingerprint density at radius 3 is 1.88 bits per heavy atom. The van der Waals surface area contributed by atoms with Crippen molar-refractivity contribution in [1.29, 1.82) is 0 Å². The van der Waals surface area contributed by atoms with Gasteiger partial charge in [-0.3, -0.25) is 9.78 Å². The van der Waals surface area contributed by atoms with Crippen LogP contribution in [-0.4, -0.2) is 28.4 Å². The number of hydrogen-bond acceptors (Lipinski definition) is 6. The summed E-state index contributed by atoms with van der Waals surface area (Å²) in [6.07, 6.45) is 0.288. The Balaban J connectivity index is 2.51. The van der Waals surface area contributed by atoms with E-state index in [-0.39, 0.29) is 29.1 Å². The molecule has 144 valence electrons. The van der Waals surface area contributed by atoms with Crippen LogP contribution >= 0.6 is 11.3 Å². The van der Waals surface area contributed by atoms with E-state index in [1.165, 1.54) is 0 Å². The van der Waals surface area contributed by atoms with E-state index in [1.54, 1.807) is 0 Å². The Morgan fingerprint density at radius 2 is 1.42 bits per heavy atom. The average Bonchev–Trinajstić information content (AvgIpc) is 2.79. The van der Waals surface area contributed by atoms with Crippen molar-refractivity contribution in [2.45, 2.75) is 66.3 Å². The van der Waals surface area contributed by atoms with Crippen LogP contribution in [0.5, 0.6) is 23.1 Å². The van der Waals surface area contributed by atoms with Crippen molar-refractivity contribution in [3.8, 4) is 23.1 Å². The number of ether oxygens (including phenoxy) is 3. The molecule has 0 spiro atoms. The molecule has 1 heterocycles. The molecule has 0 bridgehead atoms. The average molecular weight is 381 g/mol. The first-order chi connectivity index (χ1) is 12.2. The normalized spacial score (nSPS) is 11.4. The van der Waals surface area contributed by atoms with Crippen LogP contribution in [0.25, 0.3) is 0 Å². The number of aromatic hydroxyl groups is 1. The quantitative estimate of drug-likeness (QED) is 0.720. The number of H-pyrrole nitrogens is 1. The van der Waals surface area contributed by atoms with Gasteiger partial charge in [0.15, 0.2) is 11.5 Å². The molecule has 26 heavy (non-hydrogen) atoms. The minimum Gasteiger partial charge on any atom is -0.494 e. The van der Waals surface area contributed by atoms with Crippen LogP contribution in [-0.2, 0) is 6.42 Å². The number of benzene rings is 1. The van der Waals surface area contributed by atoms with Gasteiger partial charge in [0.05, 0.1) is 23.2 Å². The maximum atomic E-state index is 11.5. The summed E-state index contributed by atoms with van der Waals surface area (Å²) in [5, 5.41) is 9.91. The second-order valence-corrected chi connectivity index (χ2v) is 7.94. The fourth-order valence-corrected chi connectivity index (χ4v) is 3.17. The molecule has 0 radical (unpaired) electrons. The standard InChI is InChI=1S/C19H27NO5S/c1-10(2)23-14-9-16(25-12(5)6)15(24-11(3)4)7-13(14)8-17-18(21)20-19(22)26-17/h7,9-12,21H,8H2,1-6H3,(H,20,22). The van der Waals surface area contributed by atoms with Crippen LogP contribution in [0.1, 0.15) is 52.0 Å². The predicted molar refractivity (Wildman–Crippen MR) is 103 cm³/mol. The summed E-state index contributed by atoms with van der Waals surface area (Å²) in [6, 6.07) is 3.68. The molecule has 0 amide bonds. The molecule has 2 N–H and O–H groups in total. The monoisotopic (exact) mass is 381 g/mol. The summed E-state index contributed by atoms with van der Waals surface area (Å²) < 4.78 is 17.7. The van der Waals surface area contributed by atoms with Gasteiger partial charge in [-0.1, -0.05) is 11.3 Å². The van der Waals surface area contributed by atoms with Gasteiger partial charge in [-0.25, -0.2) is 0 Å². The topological polar surface area (TPSA) is 80.8 Å². The third-order valence-electron chi connectivity index (χ3n) is 3.27. The number of rotatable bonds is 8. The highest BCUT2D eigenvalue weighted by Crippen LogP contribution is 2.38. The predicted octanol–water partition coefficient (Wildman–Crippen LogP) is 4.09. The Bertz CT molecular complexity index is 792. The molecule has 0 aliphatic heterocycles. The van der Waals surface area contributed by atoms with E-state index < -0.39 is 0 Å². The Morgan fingerprint density at radius 1 is 0.923 bits per heavy atom. The number of nitrogens with one attached hydrogen (secondary N) is 1. The van der Waals surface area contributed by atoms with Gasteiger partial charge in [-0.05, 0) is 47.6 Å². The SMILES string of the molecule is CC(C)Oc1cc(OC(C)C)c(OC(C)C)cc1Cc1sc(=O)[nH]c1O. The van der Waals surface area contributed by atoms with Crippen LogP contribution < -0.4 is 19.1 Å². The third kappa shape index (κ3) is 5.42. The lowest BCUT2D eigenvalue weighted by Gasteiger charge is -2.21. The van der Waals surface area contributed by atoms with Gasteiger partial charge in [0, 0.05) is 18.1 Å². The summed E-state index contributed by atoms with van der Waals surface area (Å²) in [6.45, 7) is 11.7. The molecule has 2 rings (SSSR count). The third-order valence-corrected chi connectivity index (χ3v) is 4.14. The molecule has 0 aliphatic rings. The molecule has 1 aromatic carbocycles. The first-order valence-corrected chi connectivity index (χ1v) is 9.55. The minimum absolute atomic E-state index is 0.0128. The van der Waals surface area contributed by atoms with Gasteiger partial charge in [-0.2, -0.15) is 0 Å². The molecule has 7 heteroatoms. The van der Waals surface area contributed by atoms with Crippen molar-refractivity contribution in [3.05, 3.63) is 32.2 Å². The minimum atomic E-state index is -0.290. The van der Waals surface area contributed by atoms with Crippen LogP contribution in [0.15, 0.2) is 16.9 Å². The summed E-state index contributed by atoms with van der Waals surface area (Å²) in [7, 11) is 0. The maximum absolute atomic E-state index is 11.5. The fraction of sp³-hybridized carbons (Fsp3) is 0.526. The molecular weight excluding hydrogens is 354 g/mol. The first-order valence-electron chi connectivity index (χ1n) is 8.73. The molecule has 0 saturated carbocycles. The zero-order chi connectivity index (χ0) is 19.4. The molecule has 0 aliphatic carbocycles. The molecule has 0 fully saturated rings. The highest BCUT2D eigenvalue weighted by Gasteiger charge is 2.19. The Labute approximate surface area is 157 Å². The highest BCUT2D eigenvalue weighted by molar-refractivity contribution is 7.09. The molecule has 0 saturated heterocycles. The molecule has 2 aromatic rings. The lowest BCUT2D eigenvalue weighted by Crippen LogP contribution is -2.13. The Hall–Kier alpha value is -2.15. The van der Waals surface area contributed by atoms with E-state index in [2.05, 4.69) is 4.98 Å². The van der Waals surface area contributed by atoms with E-state index in [0.717, 1.165) is 16.9 Å². The summed E-state index contributed by atoms with van der Waals surface area (Å²) in [5.41, 5.74) is 0.816. The van der Waals surface area contributed by atoms with Crippen molar-refractivity contribution in [2.75, 3.05) is 0 Å². The molecular formula is C19H27NO5S. The van der Waals surface area contributed by atoms with Crippen LogP contribution in [0.2, 0.25) is 0 Å². The summed E-state index contributed by atoms with van der Waals surface area (Å²) in [5.74, 6) is 1.76. The van der Waals surface area contributed by atoms with E-state index in [0.29, 0.717) is 28.5 Å². The van der Waals surface area contributed by atoms with E-state index in [9.17, 15) is 9.90 Å². The Kier molecular flexibility index (Phi) is 6.58. The van der Waals surface area contributed by atoms with Gasteiger partial charge in [0.1, 0.15) is 5.75 Å². The van der Waals surface area contributed by atoms with Crippen molar-refractivity contribution < 1.29 is 19.3 Å². The second kappa shape index (κ2) is 8.49. The van der Waals surface area contributed by atoms with Gasteiger partial charge >= 0.3 is 4.87 Å². The summed E-state index contributed by atoms with van der Waals surface area (Å²) >= 11 is 0.983. The lowest BCUT2D eigenvalue weighted by atomic mass is 10.1. The molecule has 1 aromatic heterocycles.